The average Bonchev–Trinajstić information content (AvgIpc) is 3.12. The average molecular weight is 435 g/mol. The molecule has 164 valence electrons. The number of hydrogen-bond donors (Lipinski definition) is 2. The molecule has 4 amide bonds. The van der Waals surface area contributed by atoms with Gasteiger partial charge in [0.1, 0.15) is 6.04 Å². The molecule has 3 rings (SSSR count). The van der Waals surface area contributed by atoms with Gasteiger partial charge in [0, 0.05) is 42.8 Å². The summed E-state index contributed by atoms with van der Waals surface area (Å²) in [7, 11) is 0. The van der Waals surface area contributed by atoms with E-state index < -0.39 is 17.5 Å². The molecule has 30 heavy (non-hydrogen) atoms. The van der Waals surface area contributed by atoms with E-state index in [1.807, 2.05) is 30.6 Å². The number of carbonyl (C=O) groups excluding carboxylic acids is 3. The van der Waals surface area contributed by atoms with Crippen LogP contribution in [0.3, 0.4) is 0 Å². The van der Waals surface area contributed by atoms with Crippen LogP contribution in [0.15, 0.2) is 24.3 Å². The molecule has 0 radical (unpaired) electrons. The smallest absolute Gasteiger partial charge is 0.319 e. The summed E-state index contributed by atoms with van der Waals surface area (Å²) in [5.74, 6) is 0.146. The molecule has 1 unspecified atom stereocenters. The summed E-state index contributed by atoms with van der Waals surface area (Å²) in [4.78, 5) is 41.6. The van der Waals surface area contributed by atoms with Crippen LogP contribution in [0.25, 0.3) is 0 Å². The number of hydrogen-bond acceptors (Lipinski definition) is 3. The molecule has 0 bridgehead atoms. The Labute approximate surface area is 183 Å². The number of urea groups is 1. The summed E-state index contributed by atoms with van der Waals surface area (Å²) in [6.07, 6.45) is 3.13. The number of nitrogens with one attached hydrogen (secondary N) is 2. The van der Waals surface area contributed by atoms with E-state index in [2.05, 4.69) is 10.6 Å². The summed E-state index contributed by atoms with van der Waals surface area (Å²) in [5, 5.41) is 6.19. The number of carbonyl (C=O) groups is 3. The summed E-state index contributed by atoms with van der Waals surface area (Å²) >= 11 is 5.88. The van der Waals surface area contributed by atoms with E-state index in [0.29, 0.717) is 30.2 Å². The van der Waals surface area contributed by atoms with Gasteiger partial charge in [0.05, 0.1) is 0 Å². The van der Waals surface area contributed by atoms with Crippen molar-refractivity contribution in [3.8, 4) is 0 Å². The van der Waals surface area contributed by atoms with Gasteiger partial charge in [-0.05, 0) is 48.9 Å². The van der Waals surface area contributed by atoms with Crippen LogP contribution >= 0.6 is 11.6 Å². The van der Waals surface area contributed by atoms with E-state index in [4.69, 9.17) is 11.6 Å². The molecule has 0 aliphatic carbocycles. The second-order valence-electron chi connectivity index (χ2n) is 9.15. The summed E-state index contributed by atoms with van der Waals surface area (Å²) in [5.41, 5.74) is 0.156. The maximum atomic E-state index is 13.3. The molecule has 0 aromatic heterocycles. The number of nitrogens with zero attached hydrogens (tertiary/aromatic N) is 2. The van der Waals surface area contributed by atoms with Crippen molar-refractivity contribution in [2.24, 2.45) is 5.41 Å². The first kappa shape index (κ1) is 22.4. The number of rotatable bonds is 4. The van der Waals surface area contributed by atoms with Crippen LogP contribution in [0, 0.1) is 5.41 Å². The first-order valence-corrected chi connectivity index (χ1v) is 10.9. The van der Waals surface area contributed by atoms with Crippen LogP contribution in [-0.2, 0) is 9.59 Å². The van der Waals surface area contributed by atoms with E-state index in [1.54, 1.807) is 24.3 Å². The van der Waals surface area contributed by atoms with E-state index in [1.165, 1.54) is 0 Å². The molecule has 0 saturated carbocycles. The lowest BCUT2D eigenvalue weighted by atomic mass is 9.85. The van der Waals surface area contributed by atoms with E-state index in [-0.39, 0.29) is 17.9 Å². The molecular weight excluding hydrogens is 404 g/mol. The fourth-order valence-electron chi connectivity index (χ4n) is 4.12. The Balaban J connectivity index is 1.59. The molecular formula is C22H31ClN4O3. The van der Waals surface area contributed by atoms with Crippen LogP contribution in [0.4, 0.5) is 10.5 Å². The van der Waals surface area contributed by atoms with Crippen molar-refractivity contribution in [2.45, 2.75) is 58.5 Å². The van der Waals surface area contributed by atoms with Gasteiger partial charge in [-0.3, -0.25) is 9.59 Å². The molecule has 2 saturated heterocycles. The Morgan fingerprint density at radius 3 is 2.27 bits per heavy atom. The highest BCUT2D eigenvalue weighted by atomic mass is 35.5. The zero-order valence-electron chi connectivity index (χ0n) is 17.9. The van der Waals surface area contributed by atoms with E-state index in [0.717, 1.165) is 25.8 Å². The van der Waals surface area contributed by atoms with Gasteiger partial charge in [-0.15, -0.1) is 0 Å². The second kappa shape index (κ2) is 9.25. The van der Waals surface area contributed by atoms with Gasteiger partial charge in [-0.2, -0.15) is 0 Å². The van der Waals surface area contributed by atoms with Gasteiger partial charge in [-0.25, -0.2) is 4.79 Å². The number of likely N-dealkylation sites (tertiary alicyclic amines) is 2. The minimum atomic E-state index is -0.658. The first-order chi connectivity index (χ1) is 14.1. The van der Waals surface area contributed by atoms with Crippen molar-refractivity contribution < 1.29 is 14.4 Å². The fraction of sp³-hybridized carbons (Fsp3) is 0.591. The van der Waals surface area contributed by atoms with Gasteiger partial charge < -0.3 is 20.4 Å². The zero-order valence-corrected chi connectivity index (χ0v) is 18.7. The molecule has 1 atom stereocenters. The largest absolute Gasteiger partial charge is 0.341 e. The van der Waals surface area contributed by atoms with E-state index in [9.17, 15) is 14.4 Å². The van der Waals surface area contributed by atoms with Crippen LogP contribution in [0.2, 0.25) is 5.02 Å². The third-order valence-corrected chi connectivity index (χ3v) is 6.07. The van der Waals surface area contributed by atoms with Gasteiger partial charge in [0.25, 0.3) is 0 Å². The summed E-state index contributed by atoms with van der Waals surface area (Å²) in [6.45, 7) is 7.84. The Morgan fingerprint density at radius 2 is 1.73 bits per heavy atom. The monoisotopic (exact) mass is 434 g/mol. The minimum Gasteiger partial charge on any atom is -0.341 e. The fourth-order valence-corrected chi connectivity index (χ4v) is 4.24. The number of halogens is 1. The maximum absolute atomic E-state index is 13.3. The lowest BCUT2D eigenvalue weighted by Gasteiger charge is -2.40. The zero-order chi connectivity index (χ0) is 21.9. The Hall–Kier alpha value is -2.28. The van der Waals surface area contributed by atoms with Crippen molar-refractivity contribution in [1.29, 1.82) is 0 Å². The number of benzene rings is 1. The molecule has 1 aromatic carbocycles. The molecule has 2 aliphatic rings. The van der Waals surface area contributed by atoms with Crippen LogP contribution < -0.4 is 10.6 Å². The maximum Gasteiger partial charge on any atom is 0.319 e. The molecule has 2 N–H and O–H groups in total. The Morgan fingerprint density at radius 1 is 1.10 bits per heavy atom. The number of amides is 4. The normalized spacial score (nSPS) is 19.0. The predicted octanol–water partition coefficient (Wildman–Crippen LogP) is 3.49. The lowest BCUT2D eigenvalue weighted by molar-refractivity contribution is -0.138. The Kier molecular flexibility index (Phi) is 6.91. The quantitative estimate of drug-likeness (QED) is 0.761. The SMILES string of the molecule is CC(C)(C)C(NC(=O)Nc1ccc(Cl)cc1)C(=O)N1CCC(N2CCCC2=O)CC1. The molecule has 0 spiro atoms. The standard InChI is InChI=1S/C22H31ClN4O3/c1-22(2,3)19(25-21(30)24-16-8-6-15(23)7-9-16)20(29)26-13-10-17(11-14-26)27-12-4-5-18(27)28/h6-9,17,19H,4-5,10-14H2,1-3H3,(H2,24,25,30). The summed E-state index contributed by atoms with van der Waals surface area (Å²) in [6, 6.07) is 5.94. The van der Waals surface area contributed by atoms with E-state index >= 15 is 0 Å². The minimum absolute atomic E-state index is 0.0834. The highest BCUT2D eigenvalue weighted by Gasteiger charge is 2.38. The molecule has 7 nitrogen and oxygen atoms in total. The molecule has 1 aromatic rings. The number of piperidine rings is 1. The van der Waals surface area contributed by atoms with Crippen molar-refractivity contribution in [1.82, 2.24) is 15.1 Å². The van der Waals surface area contributed by atoms with Crippen LogP contribution in [-0.4, -0.2) is 59.4 Å². The van der Waals surface area contributed by atoms with Crippen molar-refractivity contribution >= 4 is 35.1 Å². The third kappa shape index (κ3) is 5.45. The highest BCUT2D eigenvalue weighted by molar-refractivity contribution is 6.30. The van der Waals surface area contributed by atoms with Crippen LogP contribution in [0.1, 0.15) is 46.5 Å². The van der Waals surface area contributed by atoms with Gasteiger partial charge in [0.15, 0.2) is 0 Å². The number of anilines is 1. The lowest BCUT2D eigenvalue weighted by Crippen LogP contribution is -2.57. The molecule has 2 aliphatic heterocycles. The topological polar surface area (TPSA) is 81.8 Å². The Bertz CT molecular complexity index is 783. The second-order valence-corrected chi connectivity index (χ2v) is 9.59. The molecule has 8 heteroatoms. The van der Waals surface area contributed by atoms with Crippen LogP contribution in [0.5, 0.6) is 0 Å². The van der Waals surface area contributed by atoms with Crippen molar-refractivity contribution in [3.05, 3.63) is 29.3 Å². The van der Waals surface area contributed by atoms with Gasteiger partial charge in [-0.1, -0.05) is 32.4 Å². The van der Waals surface area contributed by atoms with Gasteiger partial charge >= 0.3 is 6.03 Å². The summed E-state index contributed by atoms with van der Waals surface area (Å²) < 4.78 is 0. The van der Waals surface area contributed by atoms with Crippen molar-refractivity contribution in [3.63, 3.8) is 0 Å². The first-order valence-electron chi connectivity index (χ1n) is 10.6. The third-order valence-electron chi connectivity index (χ3n) is 5.82. The highest BCUT2D eigenvalue weighted by Crippen LogP contribution is 2.26. The van der Waals surface area contributed by atoms with Gasteiger partial charge in [0.2, 0.25) is 11.8 Å². The predicted molar refractivity (Wildman–Crippen MR) is 117 cm³/mol. The van der Waals surface area contributed by atoms with Crippen molar-refractivity contribution in [2.75, 3.05) is 25.0 Å². The molecule has 2 heterocycles. The molecule has 2 fully saturated rings.